The van der Waals surface area contributed by atoms with Gasteiger partial charge in [0.2, 0.25) is 0 Å². The molecule has 0 aliphatic carbocycles. The SMILES string of the molecule is CN(C)C(=O)c1ccc(-c2ccc(CC(=O)O)cc2)cc1. The van der Waals surface area contributed by atoms with Gasteiger partial charge in [-0.25, -0.2) is 0 Å². The van der Waals surface area contributed by atoms with Gasteiger partial charge in [-0.15, -0.1) is 0 Å². The topological polar surface area (TPSA) is 57.6 Å². The molecule has 0 spiro atoms. The zero-order chi connectivity index (χ0) is 15.4. The van der Waals surface area contributed by atoms with Crippen LogP contribution >= 0.6 is 0 Å². The molecule has 1 N–H and O–H groups in total. The number of benzene rings is 2. The number of nitrogens with zero attached hydrogens (tertiary/aromatic N) is 1. The maximum Gasteiger partial charge on any atom is 0.307 e. The van der Waals surface area contributed by atoms with Crippen molar-refractivity contribution >= 4 is 11.9 Å². The molecule has 0 aliphatic heterocycles. The molecule has 1 amide bonds. The lowest BCUT2D eigenvalue weighted by Gasteiger charge is -2.10. The zero-order valence-electron chi connectivity index (χ0n) is 12.0. The van der Waals surface area contributed by atoms with E-state index in [0.29, 0.717) is 5.56 Å². The Morgan fingerprint density at radius 2 is 1.38 bits per heavy atom. The first-order valence-corrected chi connectivity index (χ1v) is 6.60. The molecular formula is C17H17NO3. The van der Waals surface area contributed by atoms with Crippen molar-refractivity contribution in [1.82, 2.24) is 4.90 Å². The van der Waals surface area contributed by atoms with Crippen LogP contribution in [0.25, 0.3) is 11.1 Å². The molecule has 0 saturated carbocycles. The quantitative estimate of drug-likeness (QED) is 0.938. The van der Waals surface area contributed by atoms with Crippen LogP contribution in [0.1, 0.15) is 15.9 Å². The predicted octanol–water partition coefficient (Wildman–Crippen LogP) is 2.68. The summed E-state index contributed by atoms with van der Waals surface area (Å²) in [7, 11) is 3.44. The first-order chi connectivity index (χ1) is 9.97. The molecule has 0 aromatic heterocycles. The van der Waals surface area contributed by atoms with Crippen LogP contribution in [0.2, 0.25) is 0 Å². The van der Waals surface area contributed by atoms with E-state index in [4.69, 9.17) is 5.11 Å². The predicted molar refractivity (Wildman–Crippen MR) is 81.2 cm³/mol. The summed E-state index contributed by atoms with van der Waals surface area (Å²) in [6.07, 6.45) is 0.0244. The molecule has 0 fully saturated rings. The van der Waals surface area contributed by atoms with Gasteiger partial charge in [-0.3, -0.25) is 9.59 Å². The summed E-state index contributed by atoms with van der Waals surface area (Å²) in [5, 5.41) is 8.74. The van der Waals surface area contributed by atoms with Crippen molar-refractivity contribution in [2.45, 2.75) is 6.42 Å². The molecule has 0 bridgehead atoms. The van der Waals surface area contributed by atoms with Crippen LogP contribution < -0.4 is 0 Å². The molecule has 0 atom stereocenters. The van der Waals surface area contributed by atoms with E-state index in [2.05, 4.69) is 0 Å². The lowest BCUT2D eigenvalue weighted by Crippen LogP contribution is -2.21. The Balaban J connectivity index is 2.19. The molecule has 0 radical (unpaired) electrons. The fourth-order valence-corrected chi connectivity index (χ4v) is 2.05. The number of rotatable bonds is 4. The summed E-state index contributed by atoms with van der Waals surface area (Å²) in [4.78, 5) is 24.0. The Bertz CT molecular complexity index is 643. The van der Waals surface area contributed by atoms with Gasteiger partial charge in [-0.2, -0.15) is 0 Å². The highest BCUT2D eigenvalue weighted by Crippen LogP contribution is 2.21. The monoisotopic (exact) mass is 283 g/mol. The van der Waals surface area contributed by atoms with Gasteiger partial charge in [0.1, 0.15) is 0 Å². The summed E-state index contributed by atoms with van der Waals surface area (Å²) in [6.45, 7) is 0. The zero-order valence-corrected chi connectivity index (χ0v) is 12.0. The van der Waals surface area contributed by atoms with E-state index in [1.54, 1.807) is 26.2 Å². The molecule has 2 aromatic rings. The number of carbonyl (C=O) groups is 2. The van der Waals surface area contributed by atoms with Crippen molar-refractivity contribution in [2.75, 3.05) is 14.1 Å². The van der Waals surface area contributed by atoms with Crippen LogP contribution in [0.5, 0.6) is 0 Å². The summed E-state index contributed by atoms with van der Waals surface area (Å²) in [5.74, 6) is -0.868. The molecule has 108 valence electrons. The highest BCUT2D eigenvalue weighted by molar-refractivity contribution is 5.94. The second kappa shape index (κ2) is 6.22. The molecule has 0 saturated heterocycles. The number of aliphatic carboxylic acids is 1. The standard InChI is InChI=1S/C17H17NO3/c1-18(2)17(21)15-9-7-14(8-10-15)13-5-3-12(4-6-13)11-16(19)20/h3-10H,11H2,1-2H3,(H,19,20). The third-order valence-electron chi connectivity index (χ3n) is 3.18. The van der Waals surface area contributed by atoms with Crippen molar-refractivity contribution in [3.63, 3.8) is 0 Å². The van der Waals surface area contributed by atoms with E-state index in [9.17, 15) is 9.59 Å². The van der Waals surface area contributed by atoms with Gasteiger partial charge in [0.05, 0.1) is 6.42 Å². The van der Waals surface area contributed by atoms with Gasteiger partial charge in [0, 0.05) is 19.7 Å². The molecule has 2 rings (SSSR count). The average Bonchev–Trinajstić information content (AvgIpc) is 2.47. The second-order valence-electron chi connectivity index (χ2n) is 5.04. The minimum Gasteiger partial charge on any atom is -0.481 e. The summed E-state index contributed by atoms with van der Waals surface area (Å²) in [6, 6.07) is 14.8. The highest BCUT2D eigenvalue weighted by Gasteiger charge is 2.08. The molecule has 0 heterocycles. The average molecular weight is 283 g/mol. The van der Waals surface area contributed by atoms with Crippen molar-refractivity contribution in [2.24, 2.45) is 0 Å². The Morgan fingerprint density at radius 3 is 1.81 bits per heavy atom. The summed E-state index contributed by atoms with van der Waals surface area (Å²) >= 11 is 0. The maximum absolute atomic E-state index is 11.8. The summed E-state index contributed by atoms with van der Waals surface area (Å²) in [5.41, 5.74) is 3.40. The maximum atomic E-state index is 11.8. The van der Waals surface area contributed by atoms with Gasteiger partial charge in [-0.1, -0.05) is 36.4 Å². The number of carboxylic acid groups (broad SMARTS) is 1. The van der Waals surface area contributed by atoms with Crippen molar-refractivity contribution < 1.29 is 14.7 Å². The third kappa shape index (κ3) is 3.69. The molecule has 21 heavy (non-hydrogen) atoms. The van der Waals surface area contributed by atoms with Crippen molar-refractivity contribution in [3.8, 4) is 11.1 Å². The molecule has 0 unspecified atom stereocenters. The Hall–Kier alpha value is -2.62. The van der Waals surface area contributed by atoms with Gasteiger partial charge >= 0.3 is 5.97 Å². The first kappa shape index (κ1) is 14.8. The second-order valence-corrected chi connectivity index (χ2v) is 5.04. The number of hydrogen-bond donors (Lipinski definition) is 1. The fraction of sp³-hybridized carbons (Fsp3) is 0.176. The van der Waals surface area contributed by atoms with Crippen molar-refractivity contribution in [3.05, 3.63) is 59.7 Å². The minimum absolute atomic E-state index is 0.0244. The van der Waals surface area contributed by atoms with E-state index in [1.165, 1.54) is 4.90 Å². The minimum atomic E-state index is -0.839. The molecule has 0 aliphatic rings. The number of amides is 1. The van der Waals surface area contributed by atoms with Crippen LogP contribution in [0.15, 0.2) is 48.5 Å². The van der Waals surface area contributed by atoms with E-state index >= 15 is 0 Å². The number of hydrogen-bond acceptors (Lipinski definition) is 2. The molecule has 4 heteroatoms. The number of carboxylic acids is 1. The van der Waals surface area contributed by atoms with Crippen LogP contribution in [0.3, 0.4) is 0 Å². The van der Waals surface area contributed by atoms with Gasteiger partial charge in [-0.05, 0) is 28.8 Å². The normalized spacial score (nSPS) is 10.2. The first-order valence-electron chi connectivity index (χ1n) is 6.60. The number of carbonyl (C=O) groups excluding carboxylic acids is 1. The molecular weight excluding hydrogens is 266 g/mol. The fourth-order valence-electron chi connectivity index (χ4n) is 2.05. The van der Waals surface area contributed by atoms with E-state index in [0.717, 1.165) is 16.7 Å². The molecule has 4 nitrogen and oxygen atoms in total. The highest BCUT2D eigenvalue weighted by atomic mass is 16.4. The van der Waals surface area contributed by atoms with Crippen molar-refractivity contribution in [1.29, 1.82) is 0 Å². The van der Waals surface area contributed by atoms with Crippen LogP contribution in [0, 0.1) is 0 Å². The third-order valence-corrected chi connectivity index (χ3v) is 3.18. The largest absolute Gasteiger partial charge is 0.481 e. The Morgan fingerprint density at radius 1 is 0.905 bits per heavy atom. The lowest BCUT2D eigenvalue weighted by atomic mass is 10.0. The molecule has 2 aromatic carbocycles. The van der Waals surface area contributed by atoms with Gasteiger partial charge < -0.3 is 10.0 Å². The van der Waals surface area contributed by atoms with E-state index < -0.39 is 5.97 Å². The van der Waals surface area contributed by atoms with E-state index in [-0.39, 0.29) is 12.3 Å². The van der Waals surface area contributed by atoms with Gasteiger partial charge in [0.15, 0.2) is 0 Å². The van der Waals surface area contributed by atoms with Gasteiger partial charge in [0.25, 0.3) is 5.91 Å². The lowest BCUT2D eigenvalue weighted by molar-refractivity contribution is -0.136. The van der Waals surface area contributed by atoms with Crippen LogP contribution in [-0.2, 0) is 11.2 Å². The summed E-state index contributed by atoms with van der Waals surface area (Å²) < 4.78 is 0. The van der Waals surface area contributed by atoms with Crippen LogP contribution in [-0.4, -0.2) is 36.0 Å². The Labute approximate surface area is 123 Å². The van der Waals surface area contributed by atoms with E-state index in [1.807, 2.05) is 36.4 Å². The smallest absolute Gasteiger partial charge is 0.307 e. The Kier molecular flexibility index (Phi) is 4.38. The van der Waals surface area contributed by atoms with Crippen LogP contribution in [0.4, 0.5) is 0 Å².